The van der Waals surface area contributed by atoms with E-state index >= 15 is 0 Å². The summed E-state index contributed by atoms with van der Waals surface area (Å²) in [5, 5.41) is 2.92. The van der Waals surface area contributed by atoms with Crippen LogP contribution in [-0.2, 0) is 16.0 Å². The lowest BCUT2D eigenvalue weighted by atomic mass is 10.1. The van der Waals surface area contributed by atoms with Gasteiger partial charge in [0.15, 0.2) is 0 Å². The minimum absolute atomic E-state index is 0.250. The molecule has 0 saturated heterocycles. The van der Waals surface area contributed by atoms with E-state index in [1.54, 1.807) is 13.1 Å². The van der Waals surface area contributed by atoms with Crippen LogP contribution in [0.15, 0.2) is 18.2 Å². The van der Waals surface area contributed by atoms with Crippen LogP contribution in [0.5, 0.6) is 0 Å². The quantitative estimate of drug-likeness (QED) is 0.810. The molecule has 0 radical (unpaired) electrons. The standard InChI is InChI=1S/C13H17FN2O2/c1-15-11(13(17)18-2)8-16-6-5-9-3-4-10(14)7-12(9)16/h3-4,7,11,15H,5-6,8H2,1-2H3. The third-order valence-corrected chi connectivity index (χ3v) is 3.28. The van der Waals surface area contributed by atoms with E-state index in [4.69, 9.17) is 4.74 Å². The van der Waals surface area contributed by atoms with Crippen molar-refractivity contribution in [2.75, 3.05) is 32.1 Å². The normalized spacial score (nSPS) is 15.4. The zero-order valence-electron chi connectivity index (χ0n) is 10.6. The van der Waals surface area contributed by atoms with Crippen LogP contribution in [0.3, 0.4) is 0 Å². The van der Waals surface area contributed by atoms with Gasteiger partial charge in [-0.15, -0.1) is 0 Å². The Kier molecular flexibility index (Phi) is 3.81. The molecule has 4 nitrogen and oxygen atoms in total. The predicted octanol–water partition coefficient (Wildman–Crippen LogP) is 0.949. The van der Waals surface area contributed by atoms with Crippen LogP contribution in [0.2, 0.25) is 0 Å². The van der Waals surface area contributed by atoms with Gasteiger partial charge in [-0.25, -0.2) is 4.39 Å². The monoisotopic (exact) mass is 252 g/mol. The number of methoxy groups -OCH3 is 1. The molecule has 5 heteroatoms. The average molecular weight is 252 g/mol. The Hall–Kier alpha value is -1.62. The van der Waals surface area contributed by atoms with E-state index in [-0.39, 0.29) is 11.8 Å². The molecule has 2 rings (SSSR count). The molecule has 0 aliphatic carbocycles. The second-order valence-corrected chi connectivity index (χ2v) is 4.33. The lowest BCUT2D eigenvalue weighted by Crippen LogP contribution is -2.44. The maximum absolute atomic E-state index is 13.2. The molecular formula is C13H17FN2O2. The third-order valence-electron chi connectivity index (χ3n) is 3.28. The number of nitrogens with zero attached hydrogens (tertiary/aromatic N) is 1. The van der Waals surface area contributed by atoms with Crippen LogP contribution < -0.4 is 10.2 Å². The summed E-state index contributed by atoms with van der Waals surface area (Å²) in [5.74, 6) is -0.554. The Morgan fingerprint density at radius 2 is 2.39 bits per heavy atom. The molecule has 0 fully saturated rings. The number of hydrogen-bond acceptors (Lipinski definition) is 4. The number of esters is 1. The molecule has 1 unspecified atom stereocenters. The molecule has 98 valence electrons. The summed E-state index contributed by atoms with van der Waals surface area (Å²) in [6.45, 7) is 1.29. The fraction of sp³-hybridized carbons (Fsp3) is 0.462. The van der Waals surface area contributed by atoms with Crippen LogP contribution >= 0.6 is 0 Å². The summed E-state index contributed by atoms with van der Waals surface area (Å²) in [6.07, 6.45) is 0.882. The molecule has 18 heavy (non-hydrogen) atoms. The van der Waals surface area contributed by atoms with Crippen LogP contribution in [0, 0.1) is 5.82 Å². The molecule has 1 aliphatic heterocycles. The fourth-order valence-corrected chi connectivity index (χ4v) is 2.25. The lowest BCUT2D eigenvalue weighted by molar-refractivity contribution is -0.142. The highest BCUT2D eigenvalue weighted by Gasteiger charge is 2.25. The number of nitrogens with one attached hydrogen (secondary N) is 1. The zero-order valence-corrected chi connectivity index (χ0v) is 10.6. The van der Waals surface area contributed by atoms with Gasteiger partial charge in [0.2, 0.25) is 0 Å². The second-order valence-electron chi connectivity index (χ2n) is 4.33. The summed E-state index contributed by atoms with van der Waals surface area (Å²) < 4.78 is 18.0. The van der Waals surface area contributed by atoms with E-state index in [1.165, 1.54) is 19.2 Å². The van der Waals surface area contributed by atoms with Crippen molar-refractivity contribution in [3.05, 3.63) is 29.6 Å². The number of anilines is 1. The molecule has 1 N–H and O–H groups in total. The Morgan fingerprint density at radius 1 is 1.61 bits per heavy atom. The van der Waals surface area contributed by atoms with Crippen molar-refractivity contribution in [3.63, 3.8) is 0 Å². The van der Waals surface area contributed by atoms with Gasteiger partial charge in [0.05, 0.1) is 7.11 Å². The predicted molar refractivity (Wildman–Crippen MR) is 67.2 cm³/mol. The summed E-state index contributed by atoms with van der Waals surface area (Å²) in [6, 6.07) is 4.39. The van der Waals surface area contributed by atoms with Crippen molar-refractivity contribution < 1.29 is 13.9 Å². The van der Waals surface area contributed by atoms with Gasteiger partial charge in [-0.2, -0.15) is 0 Å². The van der Waals surface area contributed by atoms with Crippen molar-refractivity contribution in [3.8, 4) is 0 Å². The molecule has 0 spiro atoms. The largest absolute Gasteiger partial charge is 0.468 e. The van der Waals surface area contributed by atoms with Gasteiger partial charge in [0.1, 0.15) is 11.9 Å². The first kappa shape index (κ1) is 12.8. The maximum atomic E-state index is 13.2. The van der Waals surface area contributed by atoms with Crippen molar-refractivity contribution >= 4 is 11.7 Å². The number of ether oxygens (including phenoxy) is 1. The number of carbonyl (C=O) groups excluding carboxylic acids is 1. The number of fused-ring (bicyclic) bond motifs is 1. The first-order valence-electron chi connectivity index (χ1n) is 5.94. The molecule has 1 aromatic carbocycles. The Labute approximate surface area is 106 Å². The molecular weight excluding hydrogens is 235 g/mol. The first-order chi connectivity index (χ1) is 8.65. The van der Waals surface area contributed by atoms with Gasteiger partial charge in [0.25, 0.3) is 0 Å². The molecule has 1 atom stereocenters. The lowest BCUT2D eigenvalue weighted by Gasteiger charge is -2.24. The summed E-state index contributed by atoms with van der Waals surface area (Å²) in [5.41, 5.74) is 2.00. The number of benzene rings is 1. The van der Waals surface area contributed by atoms with Crippen LogP contribution in [0.4, 0.5) is 10.1 Å². The first-order valence-corrected chi connectivity index (χ1v) is 5.94. The number of halogens is 1. The number of carbonyl (C=O) groups is 1. The van der Waals surface area contributed by atoms with E-state index < -0.39 is 6.04 Å². The molecule has 0 bridgehead atoms. The van der Waals surface area contributed by atoms with Gasteiger partial charge < -0.3 is 15.0 Å². The summed E-state index contributed by atoms with van der Waals surface area (Å²) in [4.78, 5) is 13.5. The van der Waals surface area contributed by atoms with Gasteiger partial charge in [-0.1, -0.05) is 6.07 Å². The molecule has 0 amide bonds. The van der Waals surface area contributed by atoms with E-state index in [0.29, 0.717) is 6.54 Å². The van der Waals surface area contributed by atoms with Crippen LogP contribution in [-0.4, -0.2) is 39.3 Å². The van der Waals surface area contributed by atoms with E-state index in [0.717, 1.165) is 24.2 Å². The molecule has 1 heterocycles. The van der Waals surface area contributed by atoms with Gasteiger partial charge in [-0.05, 0) is 31.2 Å². The molecule has 0 saturated carbocycles. The smallest absolute Gasteiger partial charge is 0.324 e. The Balaban J connectivity index is 2.13. The summed E-state index contributed by atoms with van der Waals surface area (Å²) in [7, 11) is 3.08. The molecule has 1 aromatic rings. The minimum atomic E-state index is -0.399. The topological polar surface area (TPSA) is 41.6 Å². The molecule has 0 aromatic heterocycles. The van der Waals surface area contributed by atoms with Crippen molar-refractivity contribution in [2.45, 2.75) is 12.5 Å². The summed E-state index contributed by atoms with van der Waals surface area (Å²) >= 11 is 0. The van der Waals surface area contributed by atoms with Gasteiger partial charge in [0, 0.05) is 18.8 Å². The number of likely N-dealkylation sites (N-methyl/N-ethyl adjacent to an activating group) is 1. The van der Waals surface area contributed by atoms with Crippen molar-refractivity contribution in [1.29, 1.82) is 0 Å². The highest BCUT2D eigenvalue weighted by molar-refractivity contribution is 5.77. The number of hydrogen-bond donors (Lipinski definition) is 1. The van der Waals surface area contributed by atoms with E-state index in [2.05, 4.69) is 5.32 Å². The van der Waals surface area contributed by atoms with Gasteiger partial charge in [-0.3, -0.25) is 4.79 Å². The Morgan fingerprint density at radius 3 is 3.06 bits per heavy atom. The highest BCUT2D eigenvalue weighted by atomic mass is 19.1. The van der Waals surface area contributed by atoms with Gasteiger partial charge >= 0.3 is 5.97 Å². The Bertz CT molecular complexity index is 451. The molecule has 1 aliphatic rings. The highest BCUT2D eigenvalue weighted by Crippen LogP contribution is 2.28. The third kappa shape index (κ3) is 2.46. The van der Waals surface area contributed by atoms with Crippen molar-refractivity contribution in [2.24, 2.45) is 0 Å². The average Bonchev–Trinajstić information content (AvgIpc) is 2.77. The fourth-order valence-electron chi connectivity index (χ4n) is 2.25. The minimum Gasteiger partial charge on any atom is -0.468 e. The zero-order chi connectivity index (χ0) is 13.1. The van der Waals surface area contributed by atoms with Crippen LogP contribution in [0.1, 0.15) is 5.56 Å². The van der Waals surface area contributed by atoms with Crippen molar-refractivity contribution in [1.82, 2.24) is 5.32 Å². The van der Waals surface area contributed by atoms with Crippen LogP contribution in [0.25, 0.3) is 0 Å². The maximum Gasteiger partial charge on any atom is 0.324 e. The van der Waals surface area contributed by atoms with E-state index in [9.17, 15) is 9.18 Å². The number of rotatable bonds is 4. The SMILES string of the molecule is CNC(CN1CCc2ccc(F)cc21)C(=O)OC. The second kappa shape index (κ2) is 5.35. The van der Waals surface area contributed by atoms with E-state index in [1.807, 2.05) is 4.90 Å².